The zero-order chi connectivity index (χ0) is 30.3. The van der Waals surface area contributed by atoms with Crippen molar-refractivity contribution in [2.24, 2.45) is 5.73 Å². The molecule has 0 radical (unpaired) electrons. The summed E-state index contributed by atoms with van der Waals surface area (Å²) in [6.45, 7) is -1.88. The average Bonchev–Trinajstić information content (AvgIpc) is 3.71. The third-order valence-electron chi connectivity index (χ3n) is 7.17. The van der Waals surface area contributed by atoms with Crippen LogP contribution in [0.25, 0.3) is 11.3 Å². The molecule has 2 aliphatic rings. The molecule has 9 nitrogen and oxygen atoms in total. The number of fused-ring (bicyclic) bond motifs is 1. The number of ether oxygens (including phenoxy) is 4. The maximum atomic E-state index is 14.2. The van der Waals surface area contributed by atoms with E-state index < -0.39 is 54.4 Å². The molecule has 224 valence electrons. The first-order chi connectivity index (χ1) is 19.9. The number of alkyl halides is 3. The van der Waals surface area contributed by atoms with E-state index in [2.05, 4.69) is 10.3 Å². The zero-order valence-electron chi connectivity index (χ0n) is 22.8. The molecule has 2 aromatic carbocycles. The van der Waals surface area contributed by atoms with Gasteiger partial charge in [-0.25, -0.2) is 9.37 Å². The van der Waals surface area contributed by atoms with E-state index in [-0.39, 0.29) is 34.4 Å². The molecule has 1 aliphatic heterocycles. The van der Waals surface area contributed by atoms with E-state index in [4.69, 9.17) is 24.7 Å². The average molecular weight is 592 g/mol. The highest BCUT2D eigenvalue weighted by atomic mass is 19.4. The van der Waals surface area contributed by atoms with Gasteiger partial charge < -0.3 is 35.1 Å². The van der Waals surface area contributed by atoms with Gasteiger partial charge in [-0.3, -0.25) is 4.79 Å². The van der Waals surface area contributed by atoms with Gasteiger partial charge in [0.25, 0.3) is 5.91 Å². The van der Waals surface area contributed by atoms with Gasteiger partial charge in [-0.05, 0) is 61.4 Å². The molecule has 4 N–H and O–H groups in total. The summed E-state index contributed by atoms with van der Waals surface area (Å²) >= 11 is 0. The lowest BCUT2D eigenvalue weighted by Crippen LogP contribution is -2.52. The summed E-state index contributed by atoms with van der Waals surface area (Å²) in [7, 11) is 2.71. The first-order valence-corrected chi connectivity index (χ1v) is 13.0. The van der Waals surface area contributed by atoms with Crippen LogP contribution >= 0.6 is 0 Å². The first-order valence-electron chi connectivity index (χ1n) is 13.0. The van der Waals surface area contributed by atoms with Crippen LogP contribution in [0.15, 0.2) is 48.5 Å². The minimum Gasteiger partial charge on any atom is -0.493 e. The fourth-order valence-electron chi connectivity index (χ4n) is 4.61. The van der Waals surface area contributed by atoms with E-state index in [0.29, 0.717) is 11.5 Å². The molecule has 0 spiro atoms. The molecule has 2 atom stereocenters. The molecule has 0 bridgehead atoms. The molecule has 1 fully saturated rings. The Kier molecular flexibility index (Phi) is 7.77. The molecule has 42 heavy (non-hydrogen) atoms. The molecule has 3 aromatic rings. The number of halogens is 4. The number of rotatable bonds is 10. The summed E-state index contributed by atoms with van der Waals surface area (Å²) in [5, 5.41) is 14.3. The van der Waals surface area contributed by atoms with E-state index >= 15 is 0 Å². The number of aromatic nitrogens is 1. The number of aliphatic hydroxyl groups is 1. The minimum atomic E-state index is -4.92. The lowest BCUT2D eigenvalue weighted by Gasteiger charge is -2.30. The first kappa shape index (κ1) is 29.5. The molecular weight excluding hydrogens is 562 g/mol. The van der Waals surface area contributed by atoms with Gasteiger partial charge in [0.2, 0.25) is 0 Å². The number of hydrogen-bond donors (Lipinski definition) is 3. The predicted molar refractivity (Wildman–Crippen MR) is 142 cm³/mol. The van der Waals surface area contributed by atoms with Crippen molar-refractivity contribution >= 4 is 5.91 Å². The Morgan fingerprint density at radius 2 is 1.86 bits per heavy atom. The Bertz CT molecular complexity index is 1480. The highest BCUT2D eigenvalue weighted by molar-refractivity contribution is 5.95. The Morgan fingerprint density at radius 1 is 1.14 bits per heavy atom. The number of carbonyl (C=O) groups excluding carboxylic acids is 1. The minimum absolute atomic E-state index is 0.0871. The van der Waals surface area contributed by atoms with Crippen LogP contribution in [0, 0.1) is 5.82 Å². The predicted octanol–water partition coefficient (Wildman–Crippen LogP) is 3.81. The van der Waals surface area contributed by atoms with Gasteiger partial charge in [0.05, 0.1) is 32.1 Å². The number of methoxy groups -OCH3 is 2. The number of benzene rings is 2. The van der Waals surface area contributed by atoms with E-state index in [1.165, 1.54) is 38.5 Å². The summed E-state index contributed by atoms with van der Waals surface area (Å²) in [5.41, 5.74) is 0.418. The molecule has 1 aromatic heterocycles. The van der Waals surface area contributed by atoms with Gasteiger partial charge >= 0.3 is 6.18 Å². The second-order valence-electron chi connectivity index (χ2n) is 10.3. The number of hydrogen-bond acceptors (Lipinski definition) is 8. The Morgan fingerprint density at radius 3 is 2.48 bits per heavy atom. The van der Waals surface area contributed by atoms with Gasteiger partial charge in [-0.1, -0.05) is 0 Å². The van der Waals surface area contributed by atoms with Crippen molar-refractivity contribution in [3.8, 4) is 28.5 Å². The Labute approximate surface area is 238 Å². The number of nitrogens with two attached hydrogens (primary N) is 1. The second kappa shape index (κ2) is 11.0. The maximum absolute atomic E-state index is 14.2. The Hall–Kier alpha value is -3.94. The highest BCUT2D eigenvalue weighted by Gasteiger charge is 2.59. The summed E-state index contributed by atoms with van der Waals surface area (Å²) in [4.78, 5) is 17.5. The third kappa shape index (κ3) is 5.59. The number of carbonyl (C=O) groups is 1. The number of pyridine rings is 1. The molecular formula is C29H29F4N3O6. The van der Waals surface area contributed by atoms with Crippen molar-refractivity contribution in [1.82, 2.24) is 10.3 Å². The van der Waals surface area contributed by atoms with E-state index in [0.717, 1.165) is 31.0 Å². The van der Waals surface area contributed by atoms with Gasteiger partial charge in [0.15, 0.2) is 22.8 Å². The van der Waals surface area contributed by atoms with Crippen molar-refractivity contribution in [2.45, 2.75) is 36.3 Å². The van der Waals surface area contributed by atoms with Crippen LogP contribution in [0.1, 0.15) is 34.5 Å². The standard InChI is InChI=1S/C29H29F4N3O6/c1-39-14-27(38,13-35-26(37)17-5-10-21(22(11-17)40-2)42-19-8-9-19)23-12-20-25(41-15-28(20,34)29(31,32)33)24(36-23)16-3-6-18(30)7-4-16/h3-7,10-12,19,38H,8-9,13-15,34H2,1-2H3,(H,35,37). The molecule has 5 rings (SSSR count). The van der Waals surface area contributed by atoms with Crippen LogP contribution < -0.4 is 25.3 Å². The van der Waals surface area contributed by atoms with Crippen molar-refractivity contribution < 1.29 is 46.4 Å². The van der Waals surface area contributed by atoms with Crippen LogP contribution in [0.4, 0.5) is 17.6 Å². The molecule has 1 aliphatic carbocycles. The maximum Gasteiger partial charge on any atom is 0.414 e. The summed E-state index contributed by atoms with van der Waals surface area (Å²) < 4.78 is 77.8. The molecule has 2 heterocycles. The Balaban J connectivity index is 1.50. The lowest BCUT2D eigenvalue weighted by atomic mass is 9.88. The summed E-state index contributed by atoms with van der Waals surface area (Å²) in [6, 6.07) is 10.5. The fraction of sp³-hybridized carbons (Fsp3) is 0.379. The quantitative estimate of drug-likeness (QED) is 0.304. The van der Waals surface area contributed by atoms with E-state index in [1.807, 2.05) is 0 Å². The zero-order valence-corrected chi connectivity index (χ0v) is 22.8. The van der Waals surface area contributed by atoms with Crippen LogP contribution in [0.3, 0.4) is 0 Å². The van der Waals surface area contributed by atoms with Crippen molar-refractivity contribution in [2.75, 3.05) is 34.0 Å². The molecule has 1 saturated carbocycles. The monoisotopic (exact) mass is 591 g/mol. The van der Waals surface area contributed by atoms with Gasteiger partial charge in [0, 0.05) is 23.8 Å². The lowest BCUT2D eigenvalue weighted by molar-refractivity contribution is -0.191. The van der Waals surface area contributed by atoms with E-state index in [1.54, 1.807) is 6.07 Å². The number of amides is 1. The number of nitrogens with one attached hydrogen (secondary N) is 1. The van der Waals surface area contributed by atoms with Crippen LogP contribution in [0.2, 0.25) is 0 Å². The summed E-state index contributed by atoms with van der Waals surface area (Å²) in [5.74, 6) is -0.585. The molecule has 1 amide bonds. The molecule has 13 heteroatoms. The molecule has 2 unspecified atom stereocenters. The van der Waals surface area contributed by atoms with Crippen molar-refractivity contribution in [1.29, 1.82) is 0 Å². The topological polar surface area (TPSA) is 125 Å². The van der Waals surface area contributed by atoms with Crippen LogP contribution in [-0.4, -0.2) is 62.3 Å². The third-order valence-corrected chi connectivity index (χ3v) is 7.17. The van der Waals surface area contributed by atoms with Crippen LogP contribution in [0.5, 0.6) is 17.2 Å². The van der Waals surface area contributed by atoms with Crippen LogP contribution in [-0.2, 0) is 15.9 Å². The van der Waals surface area contributed by atoms with Gasteiger partial charge in [-0.15, -0.1) is 0 Å². The van der Waals surface area contributed by atoms with E-state index in [9.17, 15) is 27.5 Å². The second-order valence-corrected chi connectivity index (χ2v) is 10.3. The van der Waals surface area contributed by atoms with Gasteiger partial charge in [-0.2, -0.15) is 13.2 Å². The van der Waals surface area contributed by atoms with Crippen molar-refractivity contribution in [3.63, 3.8) is 0 Å². The smallest absolute Gasteiger partial charge is 0.414 e. The molecule has 0 saturated heterocycles. The van der Waals surface area contributed by atoms with Gasteiger partial charge in [0.1, 0.15) is 23.7 Å². The highest BCUT2D eigenvalue weighted by Crippen LogP contribution is 2.49. The van der Waals surface area contributed by atoms with Crippen molar-refractivity contribution in [3.05, 3.63) is 71.2 Å². The largest absolute Gasteiger partial charge is 0.493 e. The summed E-state index contributed by atoms with van der Waals surface area (Å²) in [6.07, 6.45) is -2.94. The normalized spacial score (nSPS) is 19.4. The number of nitrogens with zero attached hydrogens (tertiary/aromatic N) is 1. The fourth-order valence-corrected chi connectivity index (χ4v) is 4.61. The SMILES string of the molecule is COCC(O)(CNC(=O)c1ccc(OC2CC2)c(OC)c1)c1cc2c(c(-c3ccc(F)cc3)n1)OCC2(N)C(F)(F)F.